The van der Waals surface area contributed by atoms with Crippen LogP contribution in [-0.4, -0.2) is 66.1 Å². The summed E-state index contributed by atoms with van der Waals surface area (Å²) in [5.41, 5.74) is 0. The fraction of sp³-hybridized carbons (Fsp3) is 0.929. The van der Waals surface area contributed by atoms with Gasteiger partial charge in [-0.1, -0.05) is 60.8 Å². The molecule has 7 heteroatoms. The van der Waals surface area contributed by atoms with Crippen molar-refractivity contribution >= 4 is 32.9 Å². The first kappa shape index (κ1) is 32.8. The molecule has 210 valence electrons. The topological polar surface area (TPSA) is 61.8 Å². The van der Waals surface area contributed by atoms with Gasteiger partial charge in [-0.2, -0.15) is 0 Å². The third-order valence-corrected chi connectivity index (χ3v) is 15.5. The molecule has 0 aromatic rings. The highest BCUT2D eigenvalue weighted by Gasteiger charge is 2.48. The summed E-state index contributed by atoms with van der Waals surface area (Å²) in [5.74, 6) is 0.605. The van der Waals surface area contributed by atoms with Crippen LogP contribution in [0.25, 0.3) is 0 Å². The lowest BCUT2D eigenvalue weighted by atomic mass is 9.85. The van der Waals surface area contributed by atoms with Gasteiger partial charge in [-0.05, 0) is 56.1 Å². The van der Waals surface area contributed by atoms with E-state index >= 15 is 0 Å². The monoisotopic (exact) mass is 536 g/mol. The lowest BCUT2D eigenvalue weighted by molar-refractivity contribution is -0.140. The Labute approximate surface area is 220 Å². The van der Waals surface area contributed by atoms with Crippen molar-refractivity contribution in [2.24, 2.45) is 11.8 Å². The van der Waals surface area contributed by atoms with Crippen LogP contribution in [-0.2, 0) is 22.7 Å². The van der Waals surface area contributed by atoms with E-state index in [9.17, 15) is 9.59 Å². The molecular weight excluding hydrogens is 480 g/mol. The zero-order chi connectivity index (χ0) is 27.1. The van der Waals surface area contributed by atoms with E-state index in [4.69, 9.17) is 13.1 Å². The van der Waals surface area contributed by atoms with Gasteiger partial charge in [-0.25, -0.2) is 0 Å². The van der Waals surface area contributed by atoms with Gasteiger partial charge in [0.25, 0.3) is 0 Å². The summed E-state index contributed by atoms with van der Waals surface area (Å²) in [5, 5.41) is 0. The van der Waals surface area contributed by atoms with Crippen LogP contribution in [0.2, 0.25) is 0 Å². The Morgan fingerprint density at radius 2 is 1.26 bits per heavy atom. The third kappa shape index (κ3) is 9.86. The molecule has 1 aliphatic rings. The molecule has 0 bridgehead atoms. The van der Waals surface area contributed by atoms with Crippen LogP contribution in [0, 0.1) is 11.8 Å². The van der Waals surface area contributed by atoms with Crippen LogP contribution in [0.15, 0.2) is 0 Å². The maximum Gasteiger partial charge on any atom is 0.305 e. The molecule has 0 aliphatic heterocycles. The Bertz CT molecular complexity index is 663. The summed E-state index contributed by atoms with van der Waals surface area (Å²) < 4.78 is 18.9. The summed E-state index contributed by atoms with van der Waals surface area (Å²) in [6.45, 7) is 13.6. The predicted octanol–water partition coefficient (Wildman–Crippen LogP) is 7.44. The first-order valence-corrected chi connectivity index (χ1v) is 18.0. The second-order valence-corrected chi connectivity index (χ2v) is 20.6. The Balaban J connectivity index is 3.06. The van der Waals surface area contributed by atoms with Crippen LogP contribution in [0.5, 0.6) is 0 Å². The molecule has 0 aromatic carbocycles. The second-order valence-electron chi connectivity index (χ2n) is 12.8. The van der Waals surface area contributed by atoms with E-state index in [1.54, 1.807) is 0 Å². The largest absolute Gasteiger partial charge is 0.469 e. The molecule has 2 unspecified atom stereocenters. The quantitative estimate of drug-likeness (QED) is 0.131. The first-order valence-electron chi connectivity index (χ1n) is 13.3. The Morgan fingerprint density at radius 3 is 1.69 bits per heavy atom. The molecule has 35 heavy (non-hydrogen) atoms. The Morgan fingerprint density at radius 1 is 0.800 bits per heavy atom. The van der Waals surface area contributed by atoms with Crippen molar-refractivity contribution in [1.29, 1.82) is 0 Å². The van der Waals surface area contributed by atoms with Gasteiger partial charge < -0.3 is 17.9 Å². The number of carbonyl (C=O) groups is 2. The highest BCUT2D eigenvalue weighted by Crippen LogP contribution is 2.61. The lowest BCUT2D eigenvalue weighted by Crippen LogP contribution is -2.32. The van der Waals surface area contributed by atoms with E-state index in [1.807, 2.05) is 0 Å². The van der Waals surface area contributed by atoms with Gasteiger partial charge in [-0.15, -0.1) is 20.6 Å². The van der Waals surface area contributed by atoms with E-state index in [-0.39, 0.29) is 27.7 Å². The minimum absolute atomic E-state index is 0.0895. The molecule has 1 fully saturated rings. The molecular formula is C28H56O5S2. The summed E-state index contributed by atoms with van der Waals surface area (Å²) in [6.07, 6.45) is 18.5. The molecule has 4 atom stereocenters. The smallest absolute Gasteiger partial charge is 0.305 e. The van der Waals surface area contributed by atoms with E-state index in [0.717, 1.165) is 51.2 Å². The number of ether oxygens (including phenoxy) is 1. The summed E-state index contributed by atoms with van der Waals surface area (Å²) in [6, 6.07) is 0. The standard InChI is InChI=1S/C28H56O5S2/c1-27(2,3)34(8,9)32-24-21-25(33-35(10,11)28(4,5)6)23(18-16-20-29)22(24)17-14-12-13-15-19-26(30)31-7/h20,22-25H,12-19,21H2,1-11H3/t22-,23-,24?,25?/m1/s1. The lowest BCUT2D eigenvalue weighted by Gasteiger charge is -2.47. The average molecular weight is 537 g/mol. The van der Waals surface area contributed by atoms with Gasteiger partial charge in [0.05, 0.1) is 19.3 Å². The number of carbonyl (C=O) groups excluding carboxylic acids is 2. The normalized spacial score (nSPS) is 24.9. The molecule has 1 rings (SSSR count). The summed E-state index contributed by atoms with van der Waals surface area (Å²) in [4.78, 5) is 22.8. The van der Waals surface area contributed by atoms with Gasteiger partial charge in [-0.3, -0.25) is 4.79 Å². The van der Waals surface area contributed by atoms with E-state index in [2.05, 4.69) is 66.6 Å². The minimum atomic E-state index is -1.28. The fourth-order valence-corrected chi connectivity index (χ4v) is 6.68. The van der Waals surface area contributed by atoms with Gasteiger partial charge in [0.15, 0.2) is 0 Å². The molecule has 0 saturated heterocycles. The molecule has 0 aromatic heterocycles. The molecule has 1 aliphatic carbocycles. The highest BCUT2D eigenvalue weighted by atomic mass is 32.3. The van der Waals surface area contributed by atoms with Gasteiger partial charge in [0.1, 0.15) is 6.29 Å². The zero-order valence-corrected chi connectivity index (χ0v) is 26.2. The number of aldehydes is 1. The first-order chi connectivity index (χ1) is 16.0. The van der Waals surface area contributed by atoms with Gasteiger partial charge in [0, 0.05) is 28.8 Å². The van der Waals surface area contributed by atoms with Crippen LogP contribution in [0.3, 0.4) is 0 Å². The zero-order valence-electron chi connectivity index (χ0n) is 24.6. The fourth-order valence-electron chi connectivity index (χ4n) is 4.42. The number of hydrogen-bond acceptors (Lipinski definition) is 5. The number of esters is 1. The van der Waals surface area contributed by atoms with Gasteiger partial charge >= 0.3 is 5.97 Å². The van der Waals surface area contributed by atoms with Crippen molar-refractivity contribution in [1.82, 2.24) is 0 Å². The maximum atomic E-state index is 11.4. The number of unbranched alkanes of at least 4 members (excludes halogenated alkanes) is 3. The Kier molecular flexibility index (Phi) is 12.7. The highest BCUT2D eigenvalue weighted by molar-refractivity contribution is 8.30. The molecule has 0 N–H and O–H groups in total. The SMILES string of the molecule is COC(=O)CCCCCC[C@H]1C(OS(C)(C)C(C)(C)C)CC(OS(C)(C)C(C)(C)C)[C@@H]1CCC=O. The van der Waals surface area contributed by atoms with Crippen molar-refractivity contribution < 1.29 is 22.7 Å². The van der Waals surface area contributed by atoms with Crippen molar-refractivity contribution in [2.45, 2.75) is 121 Å². The molecule has 1 saturated carbocycles. The molecule has 0 heterocycles. The van der Waals surface area contributed by atoms with Crippen LogP contribution in [0.4, 0.5) is 0 Å². The average Bonchev–Trinajstić information content (AvgIpc) is 3.01. The van der Waals surface area contributed by atoms with Crippen LogP contribution in [0.1, 0.15) is 99.3 Å². The molecule has 0 amide bonds. The number of methoxy groups -OCH3 is 1. The predicted molar refractivity (Wildman–Crippen MR) is 155 cm³/mol. The second kappa shape index (κ2) is 13.5. The third-order valence-electron chi connectivity index (χ3n) is 8.16. The minimum Gasteiger partial charge on any atom is -0.469 e. The Hall–Kier alpha value is -0.240. The van der Waals surface area contributed by atoms with Crippen molar-refractivity contribution in [2.75, 3.05) is 32.1 Å². The molecule has 5 nitrogen and oxygen atoms in total. The van der Waals surface area contributed by atoms with Crippen molar-refractivity contribution in [3.05, 3.63) is 0 Å². The van der Waals surface area contributed by atoms with E-state index in [0.29, 0.717) is 24.7 Å². The van der Waals surface area contributed by atoms with Crippen molar-refractivity contribution in [3.8, 4) is 0 Å². The van der Waals surface area contributed by atoms with Crippen LogP contribution >= 0.6 is 20.6 Å². The maximum absolute atomic E-state index is 11.4. The van der Waals surface area contributed by atoms with E-state index in [1.165, 1.54) is 7.11 Å². The summed E-state index contributed by atoms with van der Waals surface area (Å²) in [7, 11) is -1.11. The van der Waals surface area contributed by atoms with E-state index < -0.39 is 20.6 Å². The number of rotatable bonds is 14. The van der Waals surface area contributed by atoms with Gasteiger partial charge in [0.2, 0.25) is 0 Å². The number of hydrogen-bond donors (Lipinski definition) is 0. The molecule has 0 spiro atoms. The van der Waals surface area contributed by atoms with Crippen LogP contribution < -0.4 is 0 Å². The molecule has 0 radical (unpaired) electrons. The summed E-state index contributed by atoms with van der Waals surface area (Å²) >= 11 is 0. The van der Waals surface area contributed by atoms with Crippen molar-refractivity contribution in [3.63, 3.8) is 0 Å².